The molecule has 1 N–H and O–H groups in total. The van der Waals surface area contributed by atoms with Crippen LogP contribution in [0.3, 0.4) is 0 Å². The fourth-order valence-electron chi connectivity index (χ4n) is 2.42. The fraction of sp³-hybridized carbons (Fsp3) is 0.368. The molecule has 0 bridgehead atoms. The molecule has 2 aromatic carbocycles. The van der Waals surface area contributed by atoms with E-state index in [0.29, 0.717) is 0 Å². The molecule has 112 valence electrons. The first-order valence-electron chi connectivity index (χ1n) is 7.66. The first kappa shape index (κ1) is 15.4. The van der Waals surface area contributed by atoms with Gasteiger partial charge >= 0.3 is 0 Å². The van der Waals surface area contributed by atoms with Gasteiger partial charge in [0, 0.05) is 5.69 Å². The van der Waals surface area contributed by atoms with Gasteiger partial charge in [-0.1, -0.05) is 37.3 Å². The van der Waals surface area contributed by atoms with Crippen molar-refractivity contribution in [3.63, 3.8) is 0 Å². The summed E-state index contributed by atoms with van der Waals surface area (Å²) >= 11 is 0. The van der Waals surface area contributed by atoms with Gasteiger partial charge in [-0.2, -0.15) is 0 Å². The lowest BCUT2D eigenvalue weighted by Gasteiger charge is -2.18. The standard InChI is InChI=1S/C19H25NO/c1-5-17-9-11-18(12-10-17)21-16(4)13-20-19-14(2)7-6-8-15(19)3/h6-12,16,20H,5,13H2,1-4H3. The average Bonchev–Trinajstić information content (AvgIpc) is 2.47. The van der Waals surface area contributed by atoms with Gasteiger partial charge in [0.05, 0.1) is 6.54 Å². The van der Waals surface area contributed by atoms with Crippen LogP contribution < -0.4 is 10.1 Å². The minimum Gasteiger partial charge on any atom is -0.489 e. The Balaban J connectivity index is 1.91. The van der Waals surface area contributed by atoms with E-state index in [-0.39, 0.29) is 6.10 Å². The Labute approximate surface area is 128 Å². The molecular formula is C19H25NO. The van der Waals surface area contributed by atoms with Crippen LogP contribution in [0.1, 0.15) is 30.5 Å². The molecule has 0 aliphatic heterocycles. The van der Waals surface area contributed by atoms with Gasteiger partial charge in [-0.3, -0.25) is 0 Å². The fourth-order valence-corrected chi connectivity index (χ4v) is 2.42. The third kappa shape index (κ3) is 4.25. The lowest BCUT2D eigenvalue weighted by Crippen LogP contribution is -2.23. The van der Waals surface area contributed by atoms with Crippen LogP contribution in [-0.2, 0) is 6.42 Å². The Bertz CT molecular complexity index is 554. The van der Waals surface area contributed by atoms with Gasteiger partial charge in [0.1, 0.15) is 11.9 Å². The molecule has 21 heavy (non-hydrogen) atoms. The largest absolute Gasteiger partial charge is 0.489 e. The van der Waals surface area contributed by atoms with E-state index in [1.165, 1.54) is 22.4 Å². The summed E-state index contributed by atoms with van der Waals surface area (Å²) in [4.78, 5) is 0. The maximum Gasteiger partial charge on any atom is 0.119 e. The molecule has 2 rings (SSSR count). The van der Waals surface area contributed by atoms with Crippen molar-refractivity contribution < 1.29 is 4.74 Å². The Hall–Kier alpha value is -1.96. The van der Waals surface area contributed by atoms with E-state index in [0.717, 1.165) is 18.7 Å². The summed E-state index contributed by atoms with van der Waals surface area (Å²) < 4.78 is 5.95. The van der Waals surface area contributed by atoms with E-state index in [9.17, 15) is 0 Å². The van der Waals surface area contributed by atoms with Crippen LogP contribution >= 0.6 is 0 Å². The van der Waals surface area contributed by atoms with E-state index in [4.69, 9.17) is 4.74 Å². The number of hydrogen-bond donors (Lipinski definition) is 1. The van der Waals surface area contributed by atoms with Crippen LogP contribution in [0.2, 0.25) is 0 Å². The lowest BCUT2D eigenvalue weighted by molar-refractivity contribution is 0.234. The molecular weight excluding hydrogens is 258 g/mol. The van der Waals surface area contributed by atoms with Crippen molar-refractivity contribution in [3.8, 4) is 5.75 Å². The summed E-state index contributed by atoms with van der Waals surface area (Å²) in [5.41, 5.74) is 5.10. The highest BCUT2D eigenvalue weighted by Crippen LogP contribution is 2.20. The van der Waals surface area contributed by atoms with Crippen molar-refractivity contribution in [1.82, 2.24) is 0 Å². The Morgan fingerprint density at radius 2 is 1.62 bits per heavy atom. The highest BCUT2D eigenvalue weighted by Gasteiger charge is 2.06. The van der Waals surface area contributed by atoms with Crippen LogP contribution in [0.5, 0.6) is 5.75 Å². The molecule has 0 radical (unpaired) electrons. The van der Waals surface area contributed by atoms with E-state index in [1.807, 2.05) is 12.1 Å². The topological polar surface area (TPSA) is 21.3 Å². The van der Waals surface area contributed by atoms with Crippen molar-refractivity contribution in [2.24, 2.45) is 0 Å². The zero-order valence-corrected chi connectivity index (χ0v) is 13.4. The molecule has 2 nitrogen and oxygen atoms in total. The lowest BCUT2D eigenvalue weighted by atomic mass is 10.1. The molecule has 2 heteroatoms. The third-order valence-corrected chi connectivity index (χ3v) is 3.72. The normalized spacial score (nSPS) is 12.0. The molecule has 0 spiro atoms. The number of hydrogen-bond acceptors (Lipinski definition) is 2. The van der Waals surface area contributed by atoms with Gasteiger partial charge in [0.15, 0.2) is 0 Å². The molecule has 0 aliphatic rings. The molecule has 1 atom stereocenters. The number of benzene rings is 2. The SMILES string of the molecule is CCc1ccc(OC(C)CNc2c(C)cccc2C)cc1. The number of ether oxygens (including phenoxy) is 1. The van der Waals surface area contributed by atoms with Crippen LogP contribution in [0.15, 0.2) is 42.5 Å². The number of para-hydroxylation sites is 1. The molecule has 2 aromatic rings. The number of aryl methyl sites for hydroxylation is 3. The van der Waals surface area contributed by atoms with Gasteiger partial charge in [-0.25, -0.2) is 0 Å². The van der Waals surface area contributed by atoms with Crippen molar-refractivity contribution >= 4 is 5.69 Å². The second-order valence-electron chi connectivity index (χ2n) is 5.57. The molecule has 0 saturated carbocycles. The summed E-state index contributed by atoms with van der Waals surface area (Å²) in [6.45, 7) is 9.30. The zero-order chi connectivity index (χ0) is 15.2. The molecule has 0 heterocycles. The molecule has 0 amide bonds. The van der Waals surface area contributed by atoms with Gasteiger partial charge < -0.3 is 10.1 Å². The first-order valence-corrected chi connectivity index (χ1v) is 7.66. The van der Waals surface area contributed by atoms with Crippen LogP contribution in [0.25, 0.3) is 0 Å². The van der Waals surface area contributed by atoms with E-state index in [2.05, 4.69) is 63.3 Å². The summed E-state index contributed by atoms with van der Waals surface area (Å²) in [6.07, 6.45) is 1.18. The second-order valence-corrected chi connectivity index (χ2v) is 5.57. The summed E-state index contributed by atoms with van der Waals surface area (Å²) in [5, 5.41) is 3.50. The Morgan fingerprint density at radius 1 is 1.00 bits per heavy atom. The molecule has 0 saturated heterocycles. The summed E-state index contributed by atoms with van der Waals surface area (Å²) in [5.74, 6) is 0.933. The predicted molar refractivity (Wildman–Crippen MR) is 90.3 cm³/mol. The number of rotatable bonds is 6. The zero-order valence-electron chi connectivity index (χ0n) is 13.4. The van der Waals surface area contributed by atoms with Gasteiger partial charge in [0.25, 0.3) is 0 Å². The highest BCUT2D eigenvalue weighted by atomic mass is 16.5. The highest BCUT2D eigenvalue weighted by molar-refractivity contribution is 5.56. The van der Waals surface area contributed by atoms with Crippen LogP contribution in [0, 0.1) is 13.8 Å². The minimum absolute atomic E-state index is 0.122. The number of nitrogens with one attached hydrogen (secondary N) is 1. The number of anilines is 1. The first-order chi connectivity index (χ1) is 10.1. The van der Waals surface area contributed by atoms with Gasteiger partial charge in [-0.05, 0) is 56.0 Å². The molecule has 0 aromatic heterocycles. The van der Waals surface area contributed by atoms with Crippen LogP contribution in [0.4, 0.5) is 5.69 Å². The smallest absolute Gasteiger partial charge is 0.119 e. The quantitative estimate of drug-likeness (QED) is 0.826. The van der Waals surface area contributed by atoms with Crippen molar-refractivity contribution in [2.45, 2.75) is 40.2 Å². The Morgan fingerprint density at radius 3 is 2.19 bits per heavy atom. The van der Waals surface area contributed by atoms with E-state index in [1.54, 1.807) is 0 Å². The summed E-state index contributed by atoms with van der Waals surface area (Å²) in [6, 6.07) is 14.7. The van der Waals surface area contributed by atoms with Crippen molar-refractivity contribution in [3.05, 3.63) is 59.2 Å². The van der Waals surface area contributed by atoms with Gasteiger partial charge in [0.2, 0.25) is 0 Å². The molecule has 1 unspecified atom stereocenters. The molecule has 0 aliphatic carbocycles. The second kappa shape index (κ2) is 7.16. The van der Waals surface area contributed by atoms with Gasteiger partial charge in [-0.15, -0.1) is 0 Å². The van der Waals surface area contributed by atoms with Crippen molar-refractivity contribution in [2.75, 3.05) is 11.9 Å². The van der Waals surface area contributed by atoms with Crippen LogP contribution in [-0.4, -0.2) is 12.6 Å². The van der Waals surface area contributed by atoms with Crippen molar-refractivity contribution in [1.29, 1.82) is 0 Å². The average molecular weight is 283 g/mol. The molecule has 0 fully saturated rings. The van der Waals surface area contributed by atoms with E-state index >= 15 is 0 Å². The minimum atomic E-state index is 0.122. The van der Waals surface area contributed by atoms with E-state index < -0.39 is 0 Å². The summed E-state index contributed by atoms with van der Waals surface area (Å²) in [7, 11) is 0. The monoisotopic (exact) mass is 283 g/mol. The third-order valence-electron chi connectivity index (χ3n) is 3.72. The predicted octanol–water partition coefficient (Wildman–Crippen LogP) is 4.75. The maximum absolute atomic E-state index is 5.95. The maximum atomic E-state index is 5.95. The Kier molecular flexibility index (Phi) is 5.26.